The van der Waals surface area contributed by atoms with Crippen LogP contribution < -0.4 is 5.32 Å². The van der Waals surface area contributed by atoms with Crippen molar-refractivity contribution in [3.8, 4) is 0 Å². The van der Waals surface area contributed by atoms with Gasteiger partial charge in [0.1, 0.15) is 0 Å². The summed E-state index contributed by atoms with van der Waals surface area (Å²) in [6.07, 6.45) is 10.2. The molecule has 7 atom stereocenters. The van der Waals surface area contributed by atoms with Crippen LogP contribution >= 0.6 is 0 Å². The molecule has 1 aromatic carbocycles. The Bertz CT molecular complexity index is 982. The smallest absolute Gasteiger partial charge is 0.307 e. The van der Waals surface area contributed by atoms with E-state index in [1.54, 1.807) is 18.2 Å². The maximum Gasteiger partial charge on any atom is 0.307 e. The Kier molecular flexibility index (Phi) is 5.06. The number of hydrogen-bond acceptors (Lipinski definition) is 3. The zero-order valence-electron chi connectivity index (χ0n) is 19.0. The number of amides is 1. The summed E-state index contributed by atoms with van der Waals surface area (Å²) in [7, 11) is 0. The number of Topliss-reactive ketones (excluding diaryl/α,β-unsaturated/α-hetero) is 1. The van der Waals surface area contributed by atoms with Gasteiger partial charge in [-0.15, -0.1) is 0 Å². The third-order valence-electron chi connectivity index (χ3n) is 9.60. The normalized spacial score (nSPS) is 40.1. The van der Waals surface area contributed by atoms with E-state index >= 15 is 0 Å². The molecule has 1 aromatic rings. The minimum atomic E-state index is -0.859. The standard InChI is InChI=1S/C27H33NO4/c1-26-13-11-20-18(7-10-22-27(20,2)14-12-23(29)28-22)19(26)8-9-21(26)25(32)17-5-3-16(4-6-17)15-24(30)31/h3-6,12,14,18-22H,7-11,13,15H2,1-2H3,(H,28,29)(H,30,31)/t18-,19-,20-,21+,22+,26-,27+/m0/s1. The largest absolute Gasteiger partial charge is 0.481 e. The first kappa shape index (κ1) is 21.4. The molecule has 3 aliphatic carbocycles. The lowest BCUT2D eigenvalue weighted by atomic mass is 9.47. The molecule has 5 nitrogen and oxygen atoms in total. The predicted octanol–water partition coefficient (Wildman–Crippen LogP) is 4.41. The fourth-order valence-corrected chi connectivity index (χ4v) is 7.93. The minimum Gasteiger partial charge on any atom is -0.481 e. The first-order chi connectivity index (χ1) is 15.2. The highest BCUT2D eigenvalue weighted by atomic mass is 16.4. The van der Waals surface area contributed by atoms with E-state index < -0.39 is 5.97 Å². The Morgan fingerprint density at radius 3 is 2.50 bits per heavy atom. The molecule has 5 rings (SSSR count). The Morgan fingerprint density at radius 2 is 1.78 bits per heavy atom. The average molecular weight is 436 g/mol. The van der Waals surface area contributed by atoms with Crippen LogP contribution in [-0.2, 0) is 16.0 Å². The maximum absolute atomic E-state index is 13.6. The number of carbonyl (C=O) groups excluding carboxylic acids is 2. The van der Waals surface area contributed by atoms with Crippen LogP contribution in [0.25, 0.3) is 0 Å². The summed E-state index contributed by atoms with van der Waals surface area (Å²) in [6, 6.07) is 7.40. The Morgan fingerprint density at radius 1 is 1.03 bits per heavy atom. The molecule has 0 aromatic heterocycles. The number of nitrogens with one attached hydrogen (secondary N) is 1. The Labute approximate surface area is 189 Å². The average Bonchev–Trinajstić information content (AvgIpc) is 3.11. The zero-order chi connectivity index (χ0) is 22.7. The molecule has 1 aliphatic heterocycles. The quantitative estimate of drug-likeness (QED) is 0.686. The molecule has 4 aliphatic rings. The van der Waals surface area contributed by atoms with Gasteiger partial charge < -0.3 is 10.4 Å². The third kappa shape index (κ3) is 3.23. The van der Waals surface area contributed by atoms with Crippen LogP contribution in [0.4, 0.5) is 0 Å². The van der Waals surface area contributed by atoms with Gasteiger partial charge >= 0.3 is 5.97 Å². The van der Waals surface area contributed by atoms with E-state index in [1.165, 1.54) is 0 Å². The molecule has 5 heteroatoms. The summed E-state index contributed by atoms with van der Waals surface area (Å²) in [6.45, 7) is 4.67. The molecular formula is C27H33NO4. The predicted molar refractivity (Wildman–Crippen MR) is 121 cm³/mol. The van der Waals surface area contributed by atoms with Gasteiger partial charge in [-0.1, -0.05) is 44.2 Å². The van der Waals surface area contributed by atoms with Crippen LogP contribution in [0.1, 0.15) is 68.3 Å². The molecule has 0 saturated heterocycles. The maximum atomic E-state index is 13.6. The van der Waals surface area contributed by atoms with E-state index in [-0.39, 0.29) is 40.9 Å². The highest BCUT2D eigenvalue weighted by Gasteiger charge is 2.60. The number of fused-ring (bicyclic) bond motifs is 5. The van der Waals surface area contributed by atoms with Gasteiger partial charge in [0.2, 0.25) is 5.91 Å². The van der Waals surface area contributed by atoms with Gasteiger partial charge in [0, 0.05) is 22.9 Å². The van der Waals surface area contributed by atoms with Crippen molar-refractivity contribution in [2.75, 3.05) is 0 Å². The fourth-order valence-electron chi connectivity index (χ4n) is 7.93. The molecule has 0 unspecified atom stereocenters. The Balaban J connectivity index is 1.37. The van der Waals surface area contributed by atoms with Gasteiger partial charge in [-0.25, -0.2) is 0 Å². The van der Waals surface area contributed by atoms with Gasteiger partial charge in [-0.2, -0.15) is 0 Å². The summed E-state index contributed by atoms with van der Waals surface area (Å²) in [5, 5.41) is 12.2. The summed E-state index contributed by atoms with van der Waals surface area (Å²) in [5.74, 6) is 1.14. The van der Waals surface area contributed by atoms with E-state index in [9.17, 15) is 14.4 Å². The summed E-state index contributed by atoms with van der Waals surface area (Å²) < 4.78 is 0. The number of carboxylic acid groups (broad SMARTS) is 1. The number of hydrogen-bond donors (Lipinski definition) is 2. The summed E-state index contributed by atoms with van der Waals surface area (Å²) in [4.78, 5) is 36.4. The molecule has 3 saturated carbocycles. The number of rotatable bonds is 4. The van der Waals surface area contributed by atoms with Crippen molar-refractivity contribution >= 4 is 17.7 Å². The number of carbonyl (C=O) groups is 3. The van der Waals surface area contributed by atoms with E-state index in [4.69, 9.17) is 5.11 Å². The summed E-state index contributed by atoms with van der Waals surface area (Å²) in [5.41, 5.74) is 1.47. The zero-order valence-corrected chi connectivity index (χ0v) is 19.0. The lowest BCUT2D eigenvalue weighted by molar-refractivity contribution is -0.136. The lowest BCUT2D eigenvalue weighted by Crippen LogP contribution is -2.59. The molecule has 2 N–H and O–H groups in total. The molecule has 3 fully saturated rings. The van der Waals surface area contributed by atoms with Crippen molar-refractivity contribution in [1.29, 1.82) is 0 Å². The van der Waals surface area contributed by atoms with Crippen LogP contribution in [0.15, 0.2) is 36.4 Å². The highest BCUT2D eigenvalue weighted by Crippen LogP contribution is 2.65. The van der Waals surface area contributed by atoms with Gasteiger partial charge in [0.05, 0.1) is 6.42 Å². The van der Waals surface area contributed by atoms with Crippen molar-refractivity contribution in [3.63, 3.8) is 0 Å². The van der Waals surface area contributed by atoms with Crippen molar-refractivity contribution in [2.45, 2.75) is 64.8 Å². The second kappa shape index (κ2) is 7.57. The van der Waals surface area contributed by atoms with Crippen LogP contribution in [0, 0.1) is 34.5 Å². The molecule has 0 radical (unpaired) electrons. The second-order valence-electron chi connectivity index (χ2n) is 11.0. The number of benzene rings is 1. The fraction of sp³-hybridized carbons (Fsp3) is 0.593. The second-order valence-corrected chi connectivity index (χ2v) is 11.0. The van der Waals surface area contributed by atoms with Gasteiger partial charge in [0.25, 0.3) is 0 Å². The van der Waals surface area contributed by atoms with Crippen LogP contribution in [-0.4, -0.2) is 28.8 Å². The first-order valence-corrected chi connectivity index (χ1v) is 12.1. The van der Waals surface area contributed by atoms with Gasteiger partial charge in [-0.05, 0) is 73.3 Å². The number of carboxylic acids is 1. The lowest BCUT2D eigenvalue weighted by Gasteiger charge is -2.58. The van der Waals surface area contributed by atoms with Crippen molar-refractivity contribution in [2.24, 2.45) is 34.5 Å². The first-order valence-electron chi connectivity index (χ1n) is 12.1. The van der Waals surface area contributed by atoms with E-state index in [1.807, 2.05) is 12.1 Å². The molecule has 32 heavy (non-hydrogen) atoms. The summed E-state index contributed by atoms with van der Waals surface area (Å²) >= 11 is 0. The monoisotopic (exact) mass is 435 g/mol. The van der Waals surface area contributed by atoms with Gasteiger partial charge in [0.15, 0.2) is 5.78 Å². The molecule has 1 heterocycles. The van der Waals surface area contributed by atoms with Crippen LogP contribution in [0.2, 0.25) is 0 Å². The molecule has 0 bridgehead atoms. The van der Waals surface area contributed by atoms with E-state index in [0.717, 1.165) is 44.1 Å². The van der Waals surface area contributed by atoms with Crippen LogP contribution in [0.5, 0.6) is 0 Å². The van der Waals surface area contributed by atoms with Crippen molar-refractivity contribution in [3.05, 3.63) is 47.5 Å². The topological polar surface area (TPSA) is 83.5 Å². The van der Waals surface area contributed by atoms with E-state index in [2.05, 4.69) is 25.2 Å². The molecule has 170 valence electrons. The SMILES string of the molecule is C[C@]12C=CC(=O)N[C@@H]1CC[C@@H]1[C@@H]2CC[C@]2(C)[C@@H](C(=O)c3ccc(CC(=O)O)cc3)CC[C@@H]12. The Hall–Kier alpha value is -2.43. The third-order valence-corrected chi connectivity index (χ3v) is 9.60. The highest BCUT2D eigenvalue weighted by molar-refractivity contribution is 5.98. The number of aliphatic carboxylic acids is 1. The van der Waals surface area contributed by atoms with E-state index in [0.29, 0.717) is 23.3 Å². The molecule has 1 amide bonds. The number of ketones is 1. The van der Waals surface area contributed by atoms with Crippen LogP contribution in [0.3, 0.4) is 0 Å². The molecular weight excluding hydrogens is 402 g/mol. The van der Waals surface area contributed by atoms with Gasteiger partial charge in [-0.3, -0.25) is 14.4 Å². The van der Waals surface area contributed by atoms with Crippen molar-refractivity contribution in [1.82, 2.24) is 5.32 Å². The minimum absolute atomic E-state index is 0.0141. The molecule has 0 spiro atoms. The van der Waals surface area contributed by atoms with Crippen molar-refractivity contribution < 1.29 is 19.5 Å².